The molecule has 1 atom stereocenters. The van der Waals surface area contributed by atoms with Gasteiger partial charge in [-0.05, 0) is 24.1 Å². The lowest BCUT2D eigenvalue weighted by Gasteiger charge is -2.14. The molecule has 0 fully saturated rings. The van der Waals surface area contributed by atoms with Crippen molar-refractivity contribution in [1.29, 1.82) is 0 Å². The van der Waals surface area contributed by atoms with E-state index in [-0.39, 0.29) is 36.8 Å². The van der Waals surface area contributed by atoms with Crippen LogP contribution in [-0.4, -0.2) is 29.4 Å². The summed E-state index contributed by atoms with van der Waals surface area (Å²) in [5.74, 6) is -2.90. The van der Waals surface area contributed by atoms with Crippen LogP contribution >= 0.6 is 0 Å². The van der Waals surface area contributed by atoms with Crippen molar-refractivity contribution in [3.8, 4) is 0 Å². The second-order valence-corrected chi connectivity index (χ2v) is 5.17. The Morgan fingerprint density at radius 2 is 1.86 bits per heavy atom. The fourth-order valence-corrected chi connectivity index (χ4v) is 1.58. The first-order valence-corrected chi connectivity index (χ1v) is 6.74. The van der Waals surface area contributed by atoms with E-state index in [0.717, 1.165) is 12.1 Å². The van der Waals surface area contributed by atoms with E-state index in [4.69, 9.17) is 0 Å². The molecule has 0 radical (unpaired) electrons. The smallest absolute Gasteiger partial charge is 0.220 e. The summed E-state index contributed by atoms with van der Waals surface area (Å²) in [6.07, 6.45) is -0.812. The third kappa shape index (κ3) is 5.59. The summed E-state index contributed by atoms with van der Waals surface area (Å²) in [4.78, 5) is 23.3. The van der Waals surface area contributed by atoms with Crippen molar-refractivity contribution in [3.63, 3.8) is 0 Å². The third-order valence-electron chi connectivity index (χ3n) is 3.10. The molecule has 0 saturated heterocycles. The molecule has 0 spiro atoms. The molecule has 116 valence electrons. The molecular formula is C15H19F2NO3. The van der Waals surface area contributed by atoms with Crippen molar-refractivity contribution in [3.05, 3.63) is 35.4 Å². The molecule has 1 amide bonds. The van der Waals surface area contributed by atoms with E-state index in [1.807, 2.05) is 13.8 Å². The highest BCUT2D eigenvalue weighted by molar-refractivity contribution is 5.97. The maximum Gasteiger partial charge on any atom is 0.220 e. The molecule has 0 bridgehead atoms. The zero-order valence-electron chi connectivity index (χ0n) is 12.0. The van der Waals surface area contributed by atoms with Crippen LogP contribution in [0.1, 0.15) is 37.0 Å². The number of aliphatic hydroxyl groups is 1. The number of carbonyl (C=O) groups excluding carboxylic acids is 2. The van der Waals surface area contributed by atoms with E-state index in [1.165, 1.54) is 6.07 Å². The SMILES string of the molecule is CC(C)C(O)CNC(=O)CCC(=O)c1ccc(F)c(F)c1. The molecule has 0 aliphatic carbocycles. The predicted molar refractivity (Wildman–Crippen MR) is 73.8 cm³/mol. The van der Waals surface area contributed by atoms with E-state index in [0.29, 0.717) is 0 Å². The molecule has 0 aliphatic heterocycles. The monoisotopic (exact) mass is 299 g/mol. The van der Waals surface area contributed by atoms with Gasteiger partial charge in [0.2, 0.25) is 5.91 Å². The fourth-order valence-electron chi connectivity index (χ4n) is 1.58. The molecule has 1 aromatic rings. The van der Waals surface area contributed by atoms with Gasteiger partial charge in [0.05, 0.1) is 6.10 Å². The second-order valence-electron chi connectivity index (χ2n) is 5.17. The van der Waals surface area contributed by atoms with Gasteiger partial charge in [0.25, 0.3) is 0 Å². The highest BCUT2D eigenvalue weighted by Crippen LogP contribution is 2.11. The van der Waals surface area contributed by atoms with Gasteiger partial charge in [-0.25, -0.2) is 8.78 Å². The summed E-state index contributed by atoms with van der Waals surface area (Å²) in [6.45, 7) is 3.77. The van der Waals surface area contributed by atoms with Crippen molar-refractivity contribution >= 4 is 11.7 Å². The molecule has 4 nitrogen and oxygen atoms in total. The van der Waals surface area contributed by atoms with Crippen LogP contribution in [0.3, 0.4) is 0 Å². The fraction of sp³-hybridized carbons (Fsp3) is 0.467. The van der Waals surface area contributed by atoms with Crippen LogP contribution in [0.25, 0.3) is 0 Å². The van der Waals surface area contributed by atoms with Crippen molar-refractivity contribution < 1.29 is 23.5 Å². The normalized spacial score (nSPS) is 12.3. The Labute approximate surface area is 122 Å². The van der Waals surface area contributed by atoms with Crippen molar-refractivity contribution in [2.24, 2.45) is 5.92 Å². The number of Topliss-reactive ketones (excluding diaryl/α,β-unsaturated/α-hetero) is 1. The van der Waals surface area contributed by atoms with E-state index in [2.05, 4.69) is 5.32 Å². The maximum absolute atomic E-state index is 13.0. The quantitative estimate of drug-likeness (QED) is 0.757. The van der Waals surface area contributed by atoms with E-state index in [1.54, 1.807) is 0 Å². The van der Waals surface area contributed by atoms with Gasteiger partial charge in [-0.15, -0.1) is 0 Å². The number of halogens is 2. The van der Waals surface area contributed by atoms with Crippen molar-refractivity contribution in [2.45, 2.75) is 32.8 Å². The molecule has 1 rings (SSSR count). The molecular weight excluding hydrogens is 280 g/mol. The summed E-state index contributed by atoms with van der Waals surface area (Å²) in [5, 5.41) is 12.0. The van der Waals surface area contributed by atoms with Gasteiger partial charge in [0, 0.05) is 24.9 Å². The standard InChI is InChI=1S/C15H19F2NO3/c1-9(2)14(20)8-18-15(21)6-5-13(19)10-3-4-11(16)12(17)7-10/h3-4,7,9,14,20H,5-6,8H2,1-2H3,(H,18,21). The van der Waals surface area contributed by atoms with E-state index in [9.17, 15) is 23.5 Å². The summed E-state index contributed by atoms with van der Waals surface area (Å²) in [6, 6.07) is 2.88. The van der Waals surface area contributed by atoms with Crippen LogP contribution < -0.4 is 5.32 Å². The van der Waals surface area contributed by atoms with Crippen LogP contribution in [0.15, 0.2) is 18.2 Å². The van der Waals surface area contributed by atoms with Gasteiger partial charge < -0.3 is 10.4 Å². The number of rotatable bonds is 7. The number of carbonyl (C=O) groups is 2. The highest BCUT2D eigenvalue weighted by atomic mass is 19.2. The Morgan fingerprint density at radius 3 is 2.43 bits per heavy atom. The highest BCUT2D eigenvalue weighted by Gasteiger charge is 2.14. The molecule has 21 heavy (non-hydrogen) atoms. The van der Waals surface area contributed by atoms with Crippen LogP contribution in [0.4, 0.5) is 8.78 Å². The van der Waals surface area contributed by atoms with E-state index >= 15 is 0 Å². The molecule has 2 N–H and O–H groups in total. The Kier molecular flexibility index (Phi) is 6.42. The molecule has 0 heterocycles. The van der Waals surface area contributed by atoms with Gasteiger partial charge in [-0.3, -0.25) is 9.59 Å². The van der Waals surface area contributed by atoms with Crippen LogP contribution in [0, 0.1) is 17.6 Å². The Hall–Kier alpha value is -1.82. The minimum Gasteiger partial charge on any atom is -0.391 e. The van der Waals surface area contributed by atoms with Gasteiger partial charge in [-0.2, -0.15) is 0 Å². The average molecular weight is 299 g/mol. The number of hydrogen-bond donors (Lipinski definition) is 2. The number of benzene rings is 1. The third-order valence-corrected chi connectivity index (χ3v) is 3.10. The summed E-state index contributed by atoms with van der Waals surface area (Å²) in [5.41, 5.74) is 0.0314. The average Bonchev–Trinajstić information content (AvgIpc) is 2.44. The van der Waals surface area contributed by atoms with Crippen LogP contribution in [0.2, 0.25) is 0 Å². The molecule has 0 aromatic heterocycles. The lowest BCUT2D eigenvalue weighted by molar-refractivity contribution is -0.121. The summed E-state index contributed by atoms with van der Waals surface area (Å²) >= 11 is 0. The zero-order valence-corrected chi connectivity index (χ0v) is 12.0. The second kappa shape index (κ2) is 7.83. The van der Waals surface area contributed by atoms with E-state index < -0.39 is 23.5 Å². The minimum atomic E-state index is -1.09. The van der Waals surface area contributed by atoms with Gasteiger partial charge in [0.15, 0.2) is 17.4 Å². The molecule has 1 aromatic carbocycles. The number of amides is 1. The van der Waals surface area contributed by atoms with Crippen molar-refractivity contribution in [1.82, 2.24) is 5.32 Å². The molecule has 0 saturated carbocycles. The van der Waals surface area contributed by atoms with Gasteiger partial charge >= 0.3 is 0 Å². The van der Waals surface area contributed by atoms with Gasteiger partial charge in [0.1, 0.15) is 0 Å². The number of ketones is 1. The molecule has 1 unspecified atom stereocenters. The Balaban J connectivity index is 2.42. The zero-order chi connectivity index (χ0) is 16.0. The number of nitrogens with one attached hydrogen (secondary N) is 1. The maximum atomic E-state index is 13.0. The first-order valence-electron chi connectivity index (χ1n) is 6.74. The topological polar surface area (TPSA) is 66.4 Å². The number of aliphatic hydroxyl groups excluding tert-OH is 1. The van der Waals surface area contributed by atoms with Gasteiger partial charge in [-0.1, -0.05) is 13.8 Å². The first-order chi connectivity index (χ1) is 9.81. The first kappa shape index (κ1) is 17.2. The lowest BCUT2D eigenvalue weighted by Crippen LogP contribution is -2.34. The van der Waals surface area contributed by atoms with Crippen LogP contribution in [-0.2, 0) is 4.79 Å². The Bertz CT molecular complexity index is 518. The lowest BCUT2D eigenvalue weighted by atomic mass is 10.1. The summed E-state index contributed by atoms with van der Waals surface area (Å²) in [7, 11) is 0. The largest absolute Gasteiger partial charge is 0.391 e. The summed E-state index contributed by atoms with van der Waals surface area (Å²) < 4.78 is 25.7. The predicted octanol–water partition coefficient (Wildman–Crippen LogP) is 2.06. The molecule has 6 heteroatoms. The number of hydrogen-bond acceptors (Lipinski definition) is 3. The molecule has 0 aliphatic rings. The van der Waals surface area contributed by atoms with Crippen LogP contribution in [0.5, 0.6) is 0 Å². The Morgan fingerprint density at radius 1 is 1.19 bits per heavy atom. The van der Waals surface area contributed by atoms with Crippen molar-refractivity contribution in [2.75, 3.05) is 6.54 Å². The minimum absolute atomic E-state index is 0.0223.